The summed E-state index contributed by atoms with van der Waals surface area (Å²) in [6, 6.07) is 11.4. The van der Waals surface area contributed by atoms with E-state index >= 15 is 0 Å². The summed E-state index contributed by atoms with van der Waals surface area (Å²) in [6.07, 6.45) is 1.29. The number of hydrogen-bond donors (Lipinski definition) is 2. The molecule has 2 N–H and O–H groups in total. The van der Waals surface area contributed by atoms with Crippen molar-refractivity contribution in [2.45, 2.75) is 0 Å². The van der Waals surface area contributed by atoms with E-state index in [1.54, 1.807) is 36.4 Å². The molecule has 118 valence electrons. The van der Waals surface area contributed by atoms with Crippen LogP contribution in [0, 0.1) is 0 Å². The SMILES string of the molecule is O=C(N/N=C\c1cccc(Cl)c1Cl)C(=O)Nc1cccc(Cl)c1. The van der Waals surface area contributed by atoms with E-state index in [4.69, 9.17) is 34.8 Å². The van der Waals surface area contributed by atoms with Gasteiger partial charge in [0.1, 0.15) is 0 Å². The Morgan fingerprint density at radius 1 is 1.00 bits per heavy atom. The second-order valence-corrected chi connectivity index (χ2v) is 5.53. The van der Waals surface area contributed by atoms with Crippen LogP contribution >= 0.6 is 34.8 Å². The fraction of sp³-hybridized carbons (Fsp3) is 0. The summed E-state index contributed by atoms with van der Waals surface area (Å²) in [5, 5.41) is 7.17. The van der Waals surface area contributed by atoms with Gasteiger partial charge in [-0.25, -0.2) is 5.43 Å². The van der Waals surface area contributed by atoms with Gasteiger partial charge in [0.2, 0.25) is 0 Å². The normalized spacial score (nSPS) is 10.6. The van der Waals surface area contributed by atoms with E-state index in [1.165, 1.54) is 12.3 Å². The summed E-state index contributed by atoms with van der Waals surface area (Å²) in [7, 11) is 0. The monoisotopic (exact) mass is 369 g/mol. The number of amides is 2. The average Bonchev–Trinajstić information content (AvgIpc) is 2.51. The Labute approximate surface area is 147 Å². The average molecular weight is 371 g/mol. The fourth-order valence-corrected chi connectivity index (χ4v) is 2.13. The molecule has 0 bridgehead atoms. The minimum atomic E-state index is -0.931. The van der Waals surface area contributed by atoms with Crippen LogP contribution in [-0.2, 0) is 9.59 Å². The van der Waals surface area contributed by atoms with Crippen molar-refractivity contribution in [2.24, 2.45) is 5.10 Å². The smallest absolute Gasteiger partial charge is 0.318 e. The Hall–Kier alpha value is -2.08. The Kier molecular flexibility index (Phi) is 5.98. The van der Waals surface area contributed by atoms with Gasteiger partial charge < -0.3 is 5.32 Å². The molecular formula is C15H10Cl3N3O2. The number of benzene rings is 2. The number of hydrazone groups is 1. The minimum absolute atomic E-state index is 0.301. The molecule has 0 spiro atoms. The molecule has 0 saturated carbocycles. The number of hydrogen-bond acceptors (Lipinski definition) is 3. The zero-order chi connectivity index (χ0) is 16.8. The van der Waals surface area contributed by atoms with Crippen LogP contribution in [0.4, 0.5) is 5.69 Å². The van der Waals surface area contributed by atoms with Gasteiger partial charge in [0.05, 0.1) is 16.3 Å². The van der Waals surface area contributed by atoms with Crippen LogP contribution in [-0.4, -0.2) is 18.0 Å². The van der Waals surface area contributed by atoms with Gasteiger partial charge >= 0.3 is 11.8 Å². The first-order chi connectivity index (χ1) is 11.0. The van der Waals surface area contributed by atoms with Crippen LogP contribution in [0.2, 0.25) is 15.1 Å². The first kappa shape index (κ1) is 17.3. The fourth-order valence-electron chi connectivity index (χ4n) is 1.59. The van der Waals surface area contributed by atoms with Gasteiger partial charge in [0.25, 0.3) is 0 Å². The number of carbonyl (C=O) groups excluding carboxylic acids is 2. The van der Waals surface area contributed by atoms with Crippen molar-refractivity contribution < 1.29 is 9.59 Å². The third kappa shape index (κ3) is 4.96. The maximum absolute atomic E-state index is 11.7. The Morgan fingerprint density at radius 2 is 1.74 bits per heavy atom. The number of anilines is 1. The molecule has 5 nitrogen and oxygen atoms in total. The molecular weight excluding hydrogens is 361 g/mol. The number of rotatable bonds is 3. The topological polar surface area (TPSA) is 70.6 Å². The predicted octanol–water partition coefficient (Wildman–Crippen LogP) is 3.74. The van der Waals surface area contributed by atoms with Crippen LogP contribution in [0.3, 0.4) is 0 Å². The summed E-state index contributed by atoms with van der Waals surface area (Å²) in [4.78, 5) is 23.3. The van der Waals surface area contributed by atoms with Crippen molar-refractivity contribution in [3.05, 3.63) is 63.1 Å². The lowest BCUT2D eigenvalue weighted by molar-refractivity contribution is -0.136. The van der Waals surface area contributed by atoms with E-state index in [1.807, 2.05) is 0 Å². The molecule has 0 aliphatic carbocycles. The summed E-state index contributed by atoms with van der Waals surface area (Å²) < 4.78 is 0. The number of nitrogens with one attached hydrogen (secondary N) is 2. The molecule has 0 aromatic heterocycles. The van der Waals surface area contributed by atoms with E-state index in [0.717, 1.165) is 0 Å². The Bertz CT molecular complexity index is 778. The van der Waals surface area contributed by atoms with Crippen molar-refractivity contribution in [3.63, 3.8) is 0 Å². The largest absolute Gasteiger partial charge is 0.329 e. The molecule has 0 unspecified atom stereocenters. The quantitative estimate of drug-likeness (QED) is 0.491. The molecule has 8 heteroatoms. The van der Waals surface area contributed by atoms with Gasteiger partial charge in [-0.3, -0.25) is 9.59 Å². The molecule has 23 heavy (non-hydrogen) atoms. The molecule has 2 rings (SSSR count). The number of nitrogens with zero attached hydrogens (tertiary/aromatic N) is 1. The highest BCUT2D eigenvalue weighted by Gasteiger charge is 2.13. The standard InChI is InChI=1S/C15H10Cl3N3O2/c16-10-4-2-5-11(7-10)20-14(22)15(23)21-19-8-9-3-1-6-12(17)13(9)18/h1-8H,(H,20,22)(H,21,23)/b19-8-. The van der Waals surface area contributed by atoms with Crippen molar-refractivity contribution in [2.75, 3.05) is 5.32 Å². The van der Waals surface area contributed by atoms with Crippen LogP contribution in [0.5, 0.6) is 0 Å². The van der Waals surface area contributed by atoms with E-state index < -0.39 is 11.8 Å². The van der Waals surface area contributed by atoms with Gasteiger partial charge in [-0.05, 0) is 24.3 Å². The van der Waals surface area contributed by atoms with Crippen LogP contribution < -0.4 is 10.7 Å². The molecule has 2 amide bonds. The number of carbonyl (C=O) groups is 2. The van der Waals surface area contributed by atoms with Crippen LogP contribution in [0.1, 0.15) is 5.56 Å². The van der Waals surface area contributed by atoms with E-state index in [9.17, 15) is 9.59 Å². The molecule has 0 heterocycles. The molecule has 0 atom stereocenters. The van der Waals surface area contributed by atoms with Gasteiger partial charge in [0.15, 0.2) is 0 Å². The Morgan fingerprint density at radius 3 is 2.48 bits per heavy atom. The lowest BCUT2D eigenvalue weighted by Crippen LogP contribution is -2.32. The first-order valence-electron chi connectivity index (χ1n) is 6.31. The molecule has 0 aliphatic rings. The third-order valence-electron chi connectivity index (χ3n) is 2.64. The van der Waals surface area contributed by atoms with Gasteiger partial charge in [0, 0.05) is 16.3 Å². The zero-order valence-corrected chi connectivity index (χ0v) is 13.8. The van der Waals surface area contributed by atoms with Gasteiger partial charge in [-0.15, -0.1) is 0 Å². The second-order valence-electron chi connectivity index (χ2n) is 4.31. The van der Waals surface area contributed by atoms with Crippen molar-refractivity contribution in [1.29, 1.82) is 0 Å². The Balaban J connectivity index is 1.95. The minimum Gasteiger partial charge on any atom is -0.318 e. The van der Waals surface area contributed by atoms with Crippen molar-refractivity contribution in [1.82, 2.24) is 5.43 Å². The van der Waals surface area contributed by atoms with Crippen LogP contribution in [0.25, 0.3) is 0 Å². The van der Waals surface area contributed by atoms with Gasteiger partial charge in [-0.2, -0.15) is 5.10 Å². The highest BCUT2D eigenvalue weighted by molar-refractivity contribution is 6.43. The predicted molar refractivity (Wildman–Crippen MR) is 92.3 cm³/mol. The summed E-state index contributed by atoms with van der Waals surface area (Å²) in [5.41, 5.74) is 3.01. The molecule has 0 saturated heterocycles. The van der Waals surface area contributed by atoms with Crippen molar-refractivity contribution in [3.8, 4) is 0 Å². The lowest BCUT2D eigenvalue weighted by atomic mass is 10.2. The number of halogens is 3. The molecule has 2 aromatic carbocycles. The van der Waals surface area contributed by atoms with E-state index in [-0.39, 0.29) is 0 Å². The van der Waals surface area contributed by atoms with E-state index in [0.29, 0.717) is 26.3 Å². The molecule has 2 aromatic rings. The van der Waals surface area contributed by atoms with Crippen LogP contribution in [0.15, 0.2) is 47.6 Å². The third-order valence-corrected chi connectivity index (χ3v) is 3.71. The summed E-state index contributed by atoms with van der Waals surface area (Å²) >= 11 is 17.6. The lowest BCUT2D eigenvalue weighted by Gasteiger charge is -2.04. The first-order valence-corrected chi connectivity index (χ1v) is 7.44. The molecule has 0 radical (unpaired) electrons. The zero-order valence-electron chi connectivity index (χ0n) is 11.5. The highest BCUT2D eigenvalue weighted by atomic mass is 35.5. The summed E-state index contributed by atoms with van der Waals surface area (Å²) in [5.74, 6) is -1.80. The maximum Gasteiger partial charge on any atom is 0.329 e. The molecule has 0 aliphatic heterocycles. The highest BCUT2D eigenvalue weighted by Crippen LogP contribution is 2.24. The summed E-state index contributed by atoms with van der Waals surface area (Å²) in [6.45, 7) is 0. The molecule has 0 fully saturated rings. The van der Waals surface area contributed by atoms with Crippen molar-refractivity contribution >= 4 is 58.5 Å². The van der Waals surface area contributed by atoms with E-state index in [2.05, 4.69) is 15.8 Å². The maximum atomic E-state index is 11.7. The van der Waals surface area contributed by atoms with Gasteiger partial charge in [-0.1, -0.05) is 53.0 Å². The second kappa shape index (κ2) is 7.97.